The first-order valence-electron chi connectivity index (χ1n) is 10.1. The van der Waals surface area contributed by atoms with Crippen molar-refractivity contribution in [2.45, 2.75) is 46.3 Å². The number of rotatable bonds is 8. The van der Waals surface area contributed by atoms with Gasteiger partial charge in [0.1, 0.15) is 18.5 Å². The number of aliphatic hydroxyl groups is 1. The Hall–Kier alpha value is -3.12. The van der Waals surface area contributed by atoms with E-state index in [1.807, 2.05) is 31.2 Å². The fourth-order valence-electron chi connectivity index (χ4n) is 3.46. The van der Waals surface area contributed by atoms with E-state index in [1.54, 1.807) is 35.0 Å². The topological polar surface area (TPSA) is 73.5 Å². The molecule has 0 spiro atoms. The van der Waals surface area contributed by atoms with Crippen LogP contribution in [0.25, 0.3) is 5.69 Å². The zero-order valence-electron chi connectivity index (χ0n) is 17.8. The molecule has 3 rings (SSSR count). The fourth-order valence-corrected chi connectivity index (χ4v) is 3.46. The van der Waals surface area contributed by atoms with Crippen molar-refractivity contribution in [2.75, 3.05) is 6.61 Å². The Bertz CT molecular complexity index is 1080. The quantitative estimate of drug-likeness (QED) is 0.577. The summed E-state index contributed by atoms with van der Waals surface area (Å²) in [5.74, 6) is 1.04. The second kappa shape index (κ2) is 9.13. The lowest BCUT2D eigenvalue weighted by Gasteiger charge is -2.16. The van der Waals surface area contributed by atoms with Crippen molar-refractivity contribution in [3.63, 3.8) is 0 Å². The maximum absolute atomic E-state index is 12.9. The number of hydrogen-bond donors (Lipinski definition) is 1. The molecular formula is C24H28N2O4. The summed E-state index contributed by atoms with van der Waals surface area (Å²) < 4.78 is 8.87. The van der Waals surface area contributed by atoms with Gasteiger partial charge in [-0.2, -0.15) is 0 Å². The molecule has 1 heterocycles. The molecule has 0 fully saturated rings. The normalized spacial score (nSPS) is 12.2. The molecule has 0 saturated heterocycles. The van der Waals surface area contributed by atoms with Gasteiger partial charge in [0.25, 0.3) is 0 Å². The smallest absolute Gasteiger partial charge is 0.333 e. The molecule has 0 bridgehead atoms. The van der Waals surface area contributed by atoms with Crippen LogP contribution in [0.2, 0.25) is 0 Å². The molecule has 3 aromatic rings. The van der Waals surface area contributed by atoms with Gasteiger partial charge in [0.05, 0.1) is 12.2 Å². The Kier molecular flexibility index (Phi) is 6.57. The van der Waals surface area contributed by atoms with E-state index < -0.39 is 6.10 Å². The van der Waals surface area contributed by atoms with Gasteiger partial charge >= 0.3 is 5.69 Å². The van der Waals surface area contributed by atoms with Gasteiger partial charge in [-0.15, -0.1) is 0 Å². The molecule has 0 aliphatic heterocycles. The summed E-state index contributed by atoms with van der Waals surface area (Å²) in [6.45, 7) is 7.74. The first-order valence-corrected chi connectivity index (χ1v) is 10.1. The first kappa shape index (κ1) is 21.6. The molecule has 0 aliphatic carbocycles. The van der Waals surface area contributed by atoms with Crippen molar-refractivity contribution in [3.05, 3.63) is 82.0 Å². The molecule has 158 valence electrons. The SMILES string of the molecule is CC(=O)c1ccc(-n2c(C)cn(CC(O)COc3ccccc3C(C)C)c2=O)cc1. The molecule has 0 amide bonds. The van der Waals surface area contributed by atoms with Gasteiger partial charge in [-0.05, 0) is 55.7 Å². The van der Waals surface area contributed by atoms with Crippen molar-refractivity contribution in [2.24, 2.45) is 0 Å². The van der Waals surface area contributed by atoms with Crippen molar-refractivity contribution in [1.82, 2.24) is 9.13 Å². The molecule has 1 unspecified atom stereocenters. The second-order valence-corrected chi connectivity index (χ2v) is 7.80. The fraction of sp³-hybridized carbons (Fsp3) is 0.333. The monoisotopic (exact) mass is 408 g/mol. The van der Waals surface area contributed by atoms with Crippen LogP contribution in [0.1, 0.15) is 48.3 Å². The van der Waals surface area contributed by atoms with E-state index in [1.165, 1.54) is 11.5 Å². The molecule has 0 aliphatic rings. The number of imidazole rings is 1. The van der Waals surface area contributed by atoms with Crippen LogP contribution >= 0.6 is 0 Å². The minimum atomic E-state index is -0.835. The predicted octanol–water partition coefficient (Wildman–Crippen LogP) is 3.71. The van der Waals surface area contributed by atoms with E-state index in [2.05, 4.69) is 13.8 Å². The van der Waals surface area contributed by atoms with Crippen molar-refractivity contribution in [3.8, 4) is 11.4 Å². The Morgan fingerprint density at radius 1 is 1.10 bits per heavy atom. The lowest BCUT2D eigenvalue weighted by Crippen LogP contribution is -2.31. The highest BCUT2D eigenvalue weighted by Gasteiger charge is 2.15. The number of para-hydroxylation sites is 1. The molecule has 1 atom stereocenters. The predicted molar refractivity (Wildman–Crippen MR) is 117 cm³/mol. The third-order valence-electron chi connectivity index (χ3n) is 5.04. The first-order chi connectivity index (χ1) is 14.3. The van der Waals surface area contributed by atoms with E-state index in [-0.39, 0.29) is 24.6 Å². The van der Waals surface area contributed by atoms with Crippen LogP contribution in [-0.2, 0) is 6.54 Å². The number of hydrogen-bond acceptors (Lipinski definition) is 4. The molecule has 6 heteroatoms. The lowest BCUT2D eigenvalue weighted by atomic mass is 10.0. The molecule has 1 aromatic heterocycles. The van der Waals surface area contributed by atoms with Gasteiger partial charge in [0, 0.05) is 17.5 Å². The average Bonchev–Trinajstić information content (AvgIpc) is 2.99. The Morgan fingerprint density at radius 2 is 1.77 bits per heavy atom. The summed E-state index contributed by atoms with van der Waals surface area (Å²) in [6.07, 6.45) is 0.880. The van der Waals surface area contributed by atoms with Crippen molar-refractivity contribution in [1.29, 1.82) is 0 Å². The number of Topliss-reactive ketones (excluding diaryl/α,β-unsaturated/α-hetero) is 1. The highest BCUT2D eigenvalue weighted by molar-refractivity contribution is 5.94. The highest BCUT2D eigenvalue weighted by atomic mass is 16.5. The number of benzene rings is 2. The molecule has 6 nitrogen and oxygen atoms in total. The van der Waals surface area contributed by atoms with Crippen molar-refractivity contribution >= 4 is 5.78 Å². The Balaban J connectivity index is 1.73. The number of aryl methyl sites for hydroxylation is 1. The lowest BCUT2D eigenvalue weighted by molar-refractivity contribution is 0.0910. The van der Waals surface area contributed by atoms with Crippen LogP contribution in [0.15, 0.2) is 59.5 Å². The molecule has 1 N–H and O–H groups in total. The van der Waals surface area contributed by atoms with Gasteiger partial charge in [0.15, 0.2) is 5.78 Å². The summed E-state index contributed by atoms with van der Waals surface area (Å²) >= 11 is 0. The number of aliphatic hydroxyl groups excluding tert-OH is 1. The standard InChI is InChI=1S/C24H28N2O4/c1-16(2)22-7-5-6-8-23(22)30-15-21(28)14-25-13-17(3)26(24(25)29)20-11-9-19(10-12-20)18(4)27/h5-13,16,21,28H,14-15H2,1-4H3. The third kappa shape index (κ3) is 4.71. The van der Waals surface area contributed by atoms with Crippen LogP contribution in [0.4, 0.5) is 0 Å². The van der Waals surface area contributed by atoms with Gasteiger partial charge in [0.2, 0.25) is 0 Å². The molecule has 30 heavy (non-hydrogen) atoms. The van der Waals surface area contributed by atoms with Gasteiger partial charge in [-0.1, -0.05) is 32.0 Å². The third-order valence-corrected chi connectivity index (χ3v) is 5.04. The molecule has 0 radical (unpaired) electrons. The summed E-state index contributed by atoms with van der Waals surface area (Å²) in [7, 11) is 0. The van der Waals surface area contributed by atoms with E-state index in [9.17, 15) is 14.7 Å². The van der Waals surface area contributed by atoms with E-state index in [0.717, 1.165) is 17.0 Å². The molecule has 2 aromatic carbocycles. The number of ketones is 1. The minimum Gasteiger partial charge on any atom is -0.491 e. The van der Waals surface area contributed by atoms with Crippen molar-refractivity contribution < 1.29 is 14.6 Å². The minimum absolute atomic E-state index is 0.0228. The Morgan fingerprint density at radius 3 is 2.40 bits per heavy atom. The average molecular weight is 408 g/mol. The largest absolute Gasteiger partial charge is 0.491 e. The van der Waals surface area contributed by atoms with E-state index >= 15 is 0 Å². The van der Waals surface area contributed by atoms with Crippen LogP contribution in [-0.4, -0.2) is 32.7 Å². The van der Waals surface area contributed by atoms with Crippen LogP contribution in [0, 0.1) is 6.92 Å². The summed E-state index contributed by atoms with van der Waals surface area (Å²) in [4.78, 5) is 24.3. The van der Waals surface area contributed by atoms with Crippen LogP contribution < -0.4 is 10.4 Å². The van der Waals surface area contributed by atoms with Crippen LogP contribution in [0.3, 0.4) is 0 Å². The Labute approximate surface area is 176 Å². The van der Waals surface area contributed by atoms with Crippen LogP contribution in [0.5, 0.6) is 5.75 Å². The summed E-state index contributed by atoms with van der Waals surface area (Å²) in [5, 5.41) is 10.5. The number of ether oxygens (including phenoxy) is 1. The molecule has 0 saturated carbocycles. The summed E-state index contributed by atoms with van der Waals surface area (Å²) in [5.41, 5.74) is 2.85. The highest BCUT2D eigenvalue weighted by Crippen LogP contribution is 2.25. The van der Waals surface area contributed by atoms with Gasteiger partial charge < -0.3 is 9.84 Å². The second-order valence-electron chi connectivity index (χ2n) is 7.80. The van der Waals surface area contributed by atoms with Gasteiger partial charge in [-0.25, -0.2) is 4.79 Å². The van der Waals surface area contributed by atoms with Gasteiger partial charge in [-0.3, -0.25) is 13.9 Å². The maximum atomic E-state index is 12.9. The maximum Gasteiger partial charge on any atom is 0.333 e. The number of nitrogens with zero attached hydrogens (tertiary/aromatic N) is 2. The summed E-state index contributed by atoms with van der Waals surface area (Å²) in [6, 6.07) is 14.7. The number of aromatic nitrogens is 2. The zero-order chi connectivity index (χ0) is 21.8. The van der Waals surface area contributed by atoms with E-state index in [4.69, 9.17) is 4.74 Å². The van der Waals surface area contributed by atoms with E-state index in [0.29, 0.717) is 17.2 Å². The number of carbonyl (C=O) groups excluding carboxylic acids is 1. The molecular weight excluding hydrogens is 380 g/mol. The zero-order valence-corrected chi connectivity index (χ0v) is 17.8. The number of carbonyl (C=O) groups is 1.